The van der Waals surface area contributed by atoms with E-state index < -0.39 is 0 Å². The second-order valence-corrected chi connectivity index (χ2v) is 3.89. The summed E-state index contributed by atoms with van der Waals surface area (Å²) in [4.78, 5) is 7.96. The van der Waals surface area contributed by atoms with Crippen molar-refractivity contribution in [3.8, 4) is 0 Å². The number of hydrogen-bond donors (Lipinski definition) is 2. The van der Waals surface area contributed by atoms with Gasteiger partial charge in [-0.25, -0.2) is 4.98 Å². The number of nitrogens with zero attached hydrogens (tertiary/aromatic N) is 2. The largest absolute Gasteiger partial charge is 0.394 e. The topological polar surface area (TPSA) is 58.0 Å². The van der Waals surface area contributed by atoms with Crippen molar-refractivity contribution in [3.63, 3.8) is 0 Å². The molecule has 1 unspecified atom stereocenters. The van der Waals surface area contributed by atoms with Gasteiger partial charge in [-0.1, -0.05) is 11.6 Å². The molecular formula is C9H12ClN3O. The Hall–Kier alpha value is -0.870. The van der Waals surface area contributed by atoms with Crippen LogP contribution in [-0.4, -0.2) is 27.7 Å². The highest BCUT2D eigenvalue weighted by Crippen LogP contribution is 2.33. The minimum absolute atomic E-state index is 0.0859. The highest BCUT2D eigenvalue weighted by atomic mass is 35.5. The van der Waals surface area contributed by atoms with Gasteiger partial charge in [0.2, 0.25) is 0 Å². The normalized spacial score (nSPS) is 17.9. The first-order valence-corrected chi connectivity index (χ1v) is 5.02. The highest BCUT2D eigenvalue weighted by Gasteiger charge is 2.30. The average molecular weight is 214 g/mol. The summed E-state index contributed by atoms with van der Waals surface area (Å²) >= 11 is 5.69. The molecule has 1 atom stereocenters. The van der Waals surface area contributed by atoms with Crippen molar-refractivity contribution in [2.75, 3.05) is 11.9 Å². The van der Waals surface area contributed by atoms with Gasteiger partial charge in [0.1, 0.15) is 11.0 Å². The van der Waals surface area contributed by atoms with E-state index in [1.54, 1.807) is 6.20 Å². The summed E-state index contributed by atoms with van der Waals surface area (Å²) in [6, 6.07) is 0.0859. The molecule has 0 aromatic carbocycles. The Kier molecular flexibility index (Phi) is 2.84. The fraction of sp³-hybridized carbons (Fsp3) is 0.556. The molecular weight excluding hydrogens is 202 g/mol. The lowest BCUT2D eigenvalue weighted by molar-refractivity contribution is 0.263. The zero-order valence-corrected chi connectivity index (χ0v) is 8.41. The van der Waals surface area contributed by atoms with E-state index in [1.807, 2.05) is 0 Å². The SMILES string of the molecule is OCC(Nc1cncc(Cl)n1)C1CC1. The Morgan fingerprint density at radius 1 is 1.57 bits per heavy atom. The predicted octanol–water partition coefficient (Wildman–Crippen LogP) is 1.31. The third-order valence-electron chi connectivity index (χ3n) is 2.33. The van der Waals surface area contributed by atoms with Crippen molar-refractivity contribution in [2.24, 2.45) is 5.92 Å². The zero-order valence-electron chi connectivity index (χ0n) is 7.65. The number of hydrogen-bond acceptors (Lipinski definition) is 4. The molecule has 0 radical (unpaired) electrons. The molecule has 5 heteroatoms. The molecule has 76 valence electrons. The number of nitrogens with one attached hydrogen (secondary N) is 1. The van der Waals surface area contributed by atoms with Crippen LogP contribution >= 0.6 is 11.6 Å². The molecule has 1 saturated carbocycles. The standard InChI is InChI=1S/C9H12ClN3O/c10-8-3-11-4-9(13-8)12-7(5-14)6-1-2-6/h3-4,6-7,14H,1-2,5H2,(H,12,13). The molecule has 1 heterocycles. The van der Waals surface area contributed by atoms with Crippen LogP contribution in [0.25, 0.3) is 0 Å². The summed E-state index contributed by atoms with van der Waals surface area (Å²) in [6.07, 6.45) is 5.44. The Bertz CT molecular complexity index is 317. The van der Waals surface area contributed by atoms with Gasteiger partial charge in [0.05, 0.1) is 25.0 Å². The third kappa shape index (κ3) is 2.33. The van der Waals surface area contributed by atoms with Gasteiger partial charge in [-0.3, -0.25) is 4.98 Å². The van der Waals surface area contributed by atoms with E-state index in [2.05, 4.69) is 15.3 Å². The van der Waals surface area contributed by atoms with Gasteiger partial charge in [-0.15, -0.1) is 0 Å². The summed E-state index contributed by atoms with van der Waals surface area (Å²) in [7, 11) is 0. The summed E-state index contributed by atoms with van der Waals surface area (Å²) < 4.78 is 0. The minimum atomic E-state index is 0.0859. The Labute approximate surface area is 87.3 Å². The number of aliphatic hydroxyl groups is 1. The number of aliphatic hydroxyl groups excluding tert-OH is 1. The van der Waals surface area contributed by atoms with Crippen molar-refractivity contribution >= 4 is 17.4 Å². The van der Waals surface area contributed by atoms with Gasteiger partial charge in [0.15, 0.2) is 0 Å². The Morgan fingerprint density at radius 2 is 2.36 bits per heavy atom. The van der Waals surface area contributed by atoms with Crippen LogP contribution in [0.4, 0.5) is 5.82 Å². The van der Waals surface area contributed by atoms with Crippen molar-refractivity contribution in [1.29, 1.82) is 0 Å². The van der Waals surface area contributed by atoms with Crippen LogP contribution in [0.5, 0.6) is 0 Å². The summed E-state index contributed by atoms with van der Waals surface area (Å²) in [5, 5.41) is 12.6. The van der Waals surface area contributed by atoms with Gasteiger partial charge in [-0.2, -0.15) is 0 Å². The Balaban J connectivity index is 2.01. The molecule has 0 saturated heterocycles. The van der Waals surface area contributed by atoms with Gasteiger partial charge < -0.3 is 10.4 Å². The smallest absolute Gasteiger partial charge is 0.149 e. The molecule has 1 aliphatic rings. The molecule has 1 aliphatic carbocycles. The summed E-state index contributed by atoms with van der Waals surface area (Å²) in [6.45, 7) is 0.124. The van der Waals surface area contributed by atoms with Gasteiger partial charge in [0.25, 0.3) is 0 Å². The quantitative estimate of drug-likeness (QED) is 0.792. The molecule has 0 amide bonds. The predicted molar refractivity (Wildman–Crippen MR) is 54.3 cm³/mol. The summed E-state index contributed by atoms with van der Waals surface area (Å²) in [5.41, 5.74) is 0. The fourth-order valence-corrected chi connectivity index (χ4v) is 1.56. The van der Waals surface area contributed by atoms with Crippen LogP contribution in [0.3, 0.4) is 0 Å². The number of halogens is 1. The molecule has 1 aromatic rings. The molecule has 14 heavy (non-hydrogen) atoms. The fourth-order valence-electron chi connectivity index (χ4n) is 1.41. The van der Waals surface area contributed by atoms with Crippen LogP contribution in [0.1, 0.15) is 12.8 Å². The first-order chi connectivity index (χ1) is 6.79. The van der Waals surface area contributed by atoms with Gasteiger partial charge >= 0.3 is 0 Å². The van der Waals surface area contributed by atoms with Crippen LogP contribution in [0, 0.1) is 5.92 Å². The van der Waals surface area contributed by atoms with Crippen LogP contribution < -0.4 is 5.32 Å². The van der Waals surface area contributed by atoms with Gasteiger partial charge in [-0.05, 0) is 18.8 Å². The van der Waals surface area contributed by atoms with E-state index in [0.717, 1.165) is 0 Å². The maximum absolute atomic E-state index is 9.12. The molecule has 2 N–H and O–H groups in total. The highest BCUT2D eigenvalue weighted by molar-refractivity contribution is 6.29. The van der Waals surface area contributed by atoms with Crippen LogP contribution in [0.15, 0.2) is 12.4 Å². The van der Waals surface area contributed by atoms with E-state index in [9.17, 15) is 0 Å². The lowest BCUT2D eigenvalue weighted by atomic mass is 10.2. The number of anilines is 1. The number of aromatic nitrogens is 2. The van der Waals surface area contributed by atoms with Gasteiger partial charge in [0, 0.05) is 0 Å². The molecule has 0 spiro atoms. The molecule has 1 aromatic heterocycles. The lowest BCUT2D eigenvalue weighted by Gasteiger charge is -2.15. The van der Waals surface area contributed by atoms with Crippen LogP contribution in [0.2, 0.25) is 5.15 Å². The van der Waals surface area contributed by atoms with Crippen molar-refractivity contribution in [2.45, 2.75) is 18.9 Å². The average Bonchev–Trinajstić information content (AvgIpc) is 2.97. The molecule has 1 fully saturated rings. The minimum Gasteiger partial charge on any atom is -0.394 e. The second-order valence-electron chi connectivity index (χ2n) is 3.50. The maximum Gasteiger partial charge on any atom is 0.149 e. The molecule has 4 nitrogen and oxygen atoms in total. The van der Waals surface area contributed by atoms with Crippen molar-refractivity contribution < 1.29 is 5.11 Å². The van der Waals surface area contributed by atoms with Crippen molar-refractivity contribution in [3.05, 3.63) is 17.5 Å². The van der Waals surface area contributed by atoms with E-state index in [-0.39, 0.29) is 12.6 Å². The van der Waals surface area contributed by atoms with Crippen molar-refractivity contribution in [1.82, 2.24) is 9.97 Å². The van der Waals surface area contributed by atoms with E-state index in [4.69, 9.17) is 16.7 Å². The maximum atomic E-state index is 9.12. The summed E-state index contributed by atoms with van der Waals surface area (Å²) in [5.74, 6) is 1.20. The first kappa shape index (κ1) is 9.68. The molecule has 0 bridgehead atoms. The monoisotopic (exact) mass is 213 g/mol. The Morgan fingerprint density at radius 3 is 2.93 bits per heavy atom. The molecule has 2 rings (SSSR count). The van der Waals surface area contributed by atoms with E-state index >= 15 is 0 Å². The second kappa shape index (κ2) is 4.11. The lowest BCUT2D eigenvalue weighted by Crippen LogP contribution is -2.26. The third-order valence-corrected chi connectivity index (χ3v) is 2.51. The number of rotatable bonds is 4. The first-order valence-electron chi connectivity index (χ1n) is 4.64. The van der Waals surface area contributed by atoms with E-state index in [0.29, 0.717) is 16.9 Å². The van der Waals surface area contributed by atoms with E-state index in [1.165, 1.54) is 19.0 Å². The molecule has 0 aliphatic heterocycles. The van der Waals surface area contributed by atoms with Crippen LogP contribution in [-0.2, 0) is 0 Å². The zero-order chi connectivity index (χ0) is 9.97.